The average molecular weight is 236 g/mol. The van der Waals surface area contributed by atoms with Gasteiger partial charge in [0.1, 0.15) is 0 Å². The first kappa shape index (κ1) is 12.0. The Kier molecular flexibility index (Phi) is 3.71. The van der Waals surface area contributed by atoms with E-state index in [2.05, 4.69) is 4.98 Å². The Morgan fingerprint density at radius 1 is 1.53 bits per heavy atom. The first-order chi connectivity index (χ1) is 8.24. The average Bonchev–Trinajstić information content (AvgIpc) is 2.84. The molecule has 0 N–H and O–H groups in total. The minimum absolute atomic E-state index is 0.0845. The van der Waals surface area contributed by atoms with Gasteiger partial charge in [0.2, 0.25) is 5.95 Å². The van der Waals surface area contributed by atoms with Crippen LogP contribution in [0, 0.1) is 5.95 Å². The predicted octanol–water partition coefficient (Wildman–Crippen LogP) is 2.63. The highest BCUT2D eigenvalue weighted by atomic mass is 19.1. The third-order valence-corrected chi connectivity index (χ3v) is 3.36. The van der Waals surface area contributed by atoms with Gasteiger partial charge in [-0.25, -0.2) is 4.98 Å². The van der Waals surface area contributed by atoms with E-state index < -0.39 is 5.95 Å². The fourth-order valence-electron chi connectivity index (χ4n) is 2.48. The van der Waals surface area contributed by atoms with E-state index in [0.29, 0.717) is 6.54 Å². The SMILES string of the molecule is CCN(C(=O)c1cccnc1F)C1CCCC1. The van der Waals surface area contributed by atoms with Crippen molar-refractivity contribution >= 4 is 5.91 Å². The standard InChI is InChI=1S/C13H17FN2O/c1-2-16(10-6-3-4-7-10)13(17)11-8-5-9-15-12(11)14/h5,8-10H,2-4,6-7H2,1H3. The Labute approximate surface area is 101 Å². The Bertz CT molecular complexity index is 402. The van der Waals surface area contributed by atoms with Crippen molar-refractivity contribution in [3.63, 3.8) is 0 Å². The van der Waals surface area contributed by atoms with E-state index in [1.807, 2.05) is 6.92 Å². The van der Waals surface area contributed by atoms with Gasteiger partial charge < -0.3 is 4.90 Å². The van der Waals surface area contributed by atoms with Crippen molar-refractivity contribution < 1.29 is 9.18 Å². The van der Waals surface area contributed by atoms with Crippen molar-refractivity contribution in [1.82, 2.24) is 9.88 Å². The largest absolute Gasteiger partial charge is 0.336 e. The smallest absolute Gasteiger partial charge is 0.258 e. The molecule has 0 radical (unpaired) electrons. The van der Waals surface area contributed by atoms with Crippen LogP contribution in [0.4, 0.5) is 4.39 Å². The lowest BCUT2D eigenvalue weighted by atomic mass is 10.1. The first-order valence-corrected chi connectivity index (χ1v) is 6.15. The van der Waals surface area contributed by atoms with E-state index in [1.165, 1.54) is 12.3 Å². The van der Waals surface area contributed by atoms with E-state index in [4.69, 9.17) is 0 Å². The summed E-state index contributed by atoms with van der Waals surface area (Å²) >= 11 is 0. The molecular formula is C13H17FN2O. The zero-order valence-electron chi connectivity index (χ0n) is 10.0. The lowest BCUT2D eigenvalue weighted by Gasteiger charge is -2.27. The summed E-state index contributed by atoms with van der Waals surface area (Å²) in [5, 5.41) is 0. The Balaban J connectivity index is 2.20. The van der Waals surface area contributed by atoms with Crippen LogP contribution in [0.1, 0.15) is 43.0 Å². The van der Waals surface area contributed by atoms with Crippen molar-refractivity contribution in [3.8, 4) is 0 Å². The highest BCUT2D eigenvalue weighted by Crippen LogP contribution is 2.24. The van der Waals surface area contributed by atoms with E-state index in [9.17, 15) is 9.18 Å². The van der Waals surface area contributed by atoms with Crippen LogP contribution in [0.2, 0.25) is 0 Å². The Hall–Kier alpha value is -1.45. The van der Waals surface area contributed by atoms with E-state index >= 15 is 0 Å². The van der Waals surface area contributed by atoms with E-state index in [0.717, 1.165) is 25.7 Å². The fourth-order valence-corrected chi connectivity index (χ4v) is 2.48. The molecule has 1 aliphatic carbocycles. The molecule has 1 amide bonds. The van der Waals surface area contributed by atoms with Crippen LogP contribution in [-0.2, 0) is 0 Å². The van der Waals surface area contributed by atoms with Crippen molar-refractivity contribution in [2.45, 2.75) is 38.6 Å². The number of halogens is 1. The molecule has 1 heterocycles. The lowest BCUT2D eigenvalue weighted by Crippen LogP contribution is -2.39. The number of amides is 1. The highest BCUT2D eigenvalue weighted by Gasteiger charge is 2.27. The van der Waals surface area contributed by atoms with Gasteiger partial charge in [-0.05, 0) is 31.9 Å². The number of hydrogen-bond acceptors (Lipinski definition) is 2. The van der Waals surface area contributed by atoms with Crippen LogP contribution in [0.25, 0.3) is 0 Å². The summed E-state index contributed by atoms with van der Waals surface area (Å²) in [6.45, 7) is 2.56. The van der Waals surface area contributed by atoms with Gasteiger partial charge in [0, 0.05) is 18.8 Å². The molecule has 1 fully saturated rings. The summed E-state index contributed by atoms with van der Waals surface area (Å²) in [5.74, 6) is -0.904. The van der Waals surface area contributed by atoms with Gasteiger partial charge in [0.05, 0.1) is 5.56 Å². The zero-order chi connectivity index (χ0) is 12.3. The maximum Gasteiger partial charge on any atom is 0.258 e. The number of carbonyl (C=O) groups excluding carboxylic acids is 1. The molecule has 3 nitrogen and oxygen atoms in total. The van der Waals surface area contributed by atoms with Gasteiger partial charge in [0.25, 0.3) is 5.91 Å². The van der Waals surface area contributed by atoms with Crippen LogP contribution >= 0.6 is 0 Å². The molecule has 1 aromatic rings. The van der Waals surface area contributed by atoms with Gasteiger partial charge >= 0.3 is 0 Å². The highest BCUT2D eigenvalue weighted by molar-refractivity contribution is 5.94. The predicted molar refractivity (Wildman–Crippen MR) is 63.2 cm³/mol. The van der Waals surface area contributed by atoms with Gasteiger partial charge in [-0.15, -0.1) is 0 Å². The number of carbonyl (C=O) groups is 1. The second-order valence-corrected chi connectivity index (χ2v) is 4.37. The van der Waals surface area contributed by atoms with Crippen LogP contribution in [0.15, 0.2) is 18.3 Å². The van der Waals surface area contributed by atoms with Gasteiger partial charge in [0.15, 0.2) is 0 Å². The number of pyridine rings is 1. The van der Waals surface area contributed by atoms with Gasteiger partial charge in [-0.1, -0.05) is 12.8 Å². The minimum Gasteiger partial charge on any atom is -0.336 e. The Morgan fingerprint density at radius 3 is 2.82 bits per heavy atom. The normalized spacial score (nSPS) is 16.1. The summed E-state index contributed by atoms with van der Waals surface area (Å²) in [7, 11) is 0. The van der Waals surface area contributed by atoms with Gasteiger partial charge in [-0.3, -0.25) is 4.79 Å². The molecule has 0 spiro atoms. The van der Waals surface area contributed by atoms with Crippen LogP contribution in [0.3, 0.4) is 0 Å². The molecule has 2 rings (SSSR count). The maximum atomic E-state index is 13.5. The summed E-state index contributed by atoms with van der Waals surface area (Å²) in [4.78, 5) is 17.5. The Morgan fingerprint density at radius 2 is 2.24 bits per heavy atom. The van der Waals surface area contributed by atoms with E-state index in [1.54, 1.807) is 11.0 Å². The second kappa shape index (κ2) is 5.25. The van der Waals surface area contributed by atoms with Crippen LogP contribution in [-0.4, -0.2) is 28.4 Å². The summed E-state index contributed by atoms with van der Waals surface area (Å²) in [5.41, 5.74) is 0.0845. The molecule has 0 saturated heterocycles. The van der Waals surface area contributed by atoms with Crippen molar-refractivity contribution in [3.05, 3.63) is 29.8 Å². The molecule has 1 aliphatic rings. The van der Waals surface area contributed by atoms with Crippen molar-refractivity contribution in [2.24, 2.45) is 0 Å². The zero-order valence-corrected chi connectivity index (χ0v) is 10.0. The molecule has 1 saturated carbocycles. The third-order valence-electron chi connectivity index (χ3n) is 3.36. The molecule has 0 atom stereocenters. The summed E-state index contributed by atoms with van der Waals surface area (Å²) < 4.78 is 13.5. The summed E-state index contributed by atoms with van der Waals surface area (Å²) in [6, 6.07) is 3.37. The monoisotopic (exact) mass is 236 g/mol. The maximum absolute atomic E-state index is 13.5. The topological polar surface area (TPSA) is 33.2 Å². The van der Waals surface area contributed by atoms with Gasteiger partial charge in [-0.2, -0.15) is 4.39 Å². The quantitative estimate of drug-likeness (QED) is 0.756. The molecule has 0 bridgehead atoms. The van der Waals surface area contributed by atoms with Crippen LogP contribution < -0.4 is 0 Å². The molecular weight excluding hydrogens is 219 g/mol. The lowest BCUT2D eigenvalue weighted by molar-refractivity contribution is 0.0687. The van der Waals surface area contributed by atoms with Crippen LogP contribution in [0.5, 0.6) is 0 Å². The number of nitrogens with zero attached hydrogens (tertiary/aromatic N) is 2. The molecule has 4 heteroatoms. The molecule has 17 heavy (non-hydrogen) atoms. The summed E-state index contributed by atoms with van der Waals surface area (Å²) in [6.07, 6.45) is 5.73. The minimum atomic E-state index is -0.672. The first-order valence-electron chi connectivity index (χ1n) is 6.15. The fraction of sp³-hybridized carbons (Fsp3) is 0.538. The van der Waals surface area contributed by atoms with E-state index in [-0.39, 0.29) is 17.5 Å². The molecule has 0 aliphatic heterocycles. The molecule has 0 unspecified atom stereocenters. The molecule has 1 aromatic heterocycles. The number of rotatable bonds is 3. The van der Waals surface area contributed by atoms with Crippen molar-refractivity contribution in [2.75, 3.05) is 6.54 Å². The number of aromatic nitrogens is 1. The second-order valence-electron chi connectivity index (χ2n) is 4.37. The molecule has 0 aromatic carbocycles. The van der Waals surface area contributed by atoms with Crippen molar-refractivity contribution in [1.29, 1.82) is 0 Å². The number of hydrogen-bond donors (Lipinski definition) is 0. The third kappa shape index (κ3) is 2.46. The molecule has 92 valence electrons.